The van der Waals surface area contributed by atoms with E-state index >= 15 is 0 Å². The molecule has 5 N–H and O–H groups in total. The van der Waals surface area contributed by atoms with Gasteiger partial charge in [-0.15, -0.1) is 16.9 Å². The fourth-order valence-corrected chi connectivity index (χ4v) is 7.50. The molecule has 4 atom stereocenters. The first kappa shape index (κ1) is 28.5. The number of carboxylic acids is 1. The Morgan fingerprint density at radius 2 is 2.14 bits per heavy atom. The number of amides is 2. The molecule has 0 saturated carbocycles. The van der Waals surface area contributed by atoms with E-state index in [1.54, 1.807) is 0 Å². The van der Waals surface area contributed by atoms with Crippen LogP contribution >= 0.6 is 23.5 Å². The van der Waals surface area contributed by atoms with Crippen LogP contribution in [0.4, 0.5) is 13.2 Å². The van der Waals surface area contributed by atoms with Crippen LogP contribution < -0.4 is 10.5 Å². The van der Waals surface area contributed by atoms with Gasteiger partial charge >= 0.3 is 12.1 Å². The Balaban J connectivity index is 1.78. The number of aromatic nitrogens is 4. The van der Waals surface area contributed by atoms with E-state index in [1.807, 2.05) is 0 Å². The van der Waals surface area contributed by atoms with Gasteiger partial charge in [0.25, 0.3) is 11.8 Å². The maximum absolute atomic E-state index is 12.7. The molecule has 2 amide bonds. The van der Waals surface area contributed by atoms with Crippen molar-refractivity contribution in [3.8, 4) is 0 Å². The zero-order valence-electron chi connectivity index (χ0n) is 17.8. The molecule has 3 rings (SSSR count). The Bertz CT molecular complexity index is 1150. The summed E-state index contributed by atoms with van der Waals surface area (Å²) in [5, 5.41) is 28.5. The number of hydrogen-bond donors (Lipinski definition) is 4. The molecule has 0 aromatic carbocycles. The van der Waals surface area contributed by atoms with Gasteiger partial charge in [-0.05, 0) is 33.6 Å². The highest BCUT2D eigenvalue weighted by Gasteiger charge is 2.55. The SMILES string of the molecule is NS(=O)(=O)CCC(Sc1nnn[nH]1)C1=C(C(=O)O)N2C(=O)C(NC(=O)C[S+]([O-])CC(F)(F)F)[C@@H]2SC1. The van der Waals surface area contributed by atoms with E-state index in [0.717, 1.165) is 28.4 Å². The summed E-state index contributed by atoms with van der Waals surface area (Å²) >= 11 is -0.548. The average Bonchev–Trinajstić information content (AvgIpc) is 3.25. The van der Waals surface area contributed by atoms with Crippen molar-refractivity contribution in [1.82, 2.24) is 30.8 Å². The number of sulfonamides is 1. The number of nitrogens with one attached hydrogen (secondary N) is 2. The number of tetrazole rings is 1. The number of carboxylic acid groups (broad SMARTS) is 1. The van der Waals surface area contributed by atoms with E-state index in [1.165, 1.54) is 0 Å². The minimum Gasteiger partial charge on any atom is -0.616 e. The smallest absolute Gasteiger partial charge is 0.433 e. The fourth-order valence-electron chi connectivity index (χ4n) is 3.40. The number of β-lactam (4-membered cyclic amide) rings is 1. The molecule has 1 saturated heterocycles. The first-order valence-electron chi connectivity index (χ1n) is 9.69. The van der Waals surface area contributed by atoms with Crippen LogP contribution in [0.3, 0.4) is 0 Å². The first-order valence-corrected chi connectivity index (χ1v) is 14.8. The molecule has 21 heteroatoms. The van der Waals surface area contributed by atoms with Crippen LogP contribution in [0.15, 0.2) is 16.4 Å². The van der Waals surface area contributed by atoms with Gasteiger partial charge in [-0.2, -0.15) is 13.2 Å². The zero-order valence-corrected chi connectivity index (χ0v) is 21.1. The number of carbonyl (C=O) groups is 3. The number of H-pyrrole nitrogens is 1. The predicted octanol–water partition coefficient (Wildman–Crippen LogP) is -1.61. The van der Waals surface area contributed by atoms with Gasteiger partial charge < -0.3 is 15.0 Å². The molecule has 0 bridgehead atoms. The maximum atomic E-state index is 12.7. The van der Waals surface area contributed by atoms with Crippen LogP contribution in [-0.2, 0) is 35.6 Å². The van der Waals surface area contributed by atoms with E-state index in [9.17, 15) is 45.6 Å². The third-order valence-corrected chi connectivity index (χ3v) is 9.31. The summed E-state index contributed by atoms with van der Waals surface area (Å²) < 4.78 is 71.5. The van der Waals surface area contributed by atoms with Gasteiger partial charge in [0.15, 0.2) is 5.75 Å². The normalized spacial score (nSPS) is 22.0. The summed E-state index contributed by atoms with van der Waals surface area (Å²) in [6.45, 7) is 0. The number of aliphatic carboxylic acids is 1. The minimum absolute atomic E-state index is 0.00626. The molecule has 0 radical (unpaired) electrons. The van der Waals surface area contributed by atoms with Gasteiger partial charge in [-0.3, -0.25) is 14.5 Å². The summed E-state index contributed by atoms with van der Waals surface area (Å²) in [7, 11) is -3.91. The lowest BCUT2D eigenvalue weighted by molar-refractivity contribution is -0.150. The lowest BCUT2D eigenvalue weighted by Gasteiger charge is -2.50. The molecule has 3 heterocycles. The number of thioether (sulfide) groups is 2. The van der Waals surface area contributed by atoms with Gasteiger partial charge in [0.2, 0.25) is 20.9 Å². The molecule has 2 aliphatic rings. The van der Waals surface area contributed by atoms with Crippen molar-refractivity contribution in [3.63, 3.8) is 0 Å². The number of hydrogen-bond acceptors (Lipinski definition) is 11. The van der Waals surface area contributed by atoms with Crippen molar-refractivity contribution in [2.45, 2.75) is 34.4 Å². The van der Waals surface area contributed by atoms with Crippen molar-refractivity contribution in [3.05, 3.63) is 11.3 Å². The van der Waals surface area contributed by atoms with Gasteiger partial charge in [0.05, 0.1) is 5.75 Å². The van der Waals surface area contributed by atoms with Crippen LogP contribution in [-0.4, -0.2) is 107 Å². The van der Waals surface area contributed by atoms with Gasteiger partial charge in [0.1, 0.15) is 17.1 Å². The summed E-state index contributed by atoms with van der Waals surface area (Å²) in [6.07, 6.45) is -4.86. The number of nitrogens with zero attached hydrogens (tertiary/aromatic N) is 4. The standard InChI is InChI=1S/C15H18F3N7O7S4/c16-15(17,18)5-35(30)4-8(26)20-9-11(27)25-10(13(28)29)6(3-33-12(9)25)7(1-2-36(19,31)32)34-14-21-23-24-22-14/h7,9,12H,1-5H2,(H,20,26)(H,28,29)(H2,19,31,32)(H,21,22,23,24)/t7?,9?,12-,35?/m0/s1. The van der Waals surface area contributed by atoms with Gasteiger partial charge in [-0.25, -0.2) is 23.4 Å². The topological polar surface area (TPSA) is 224 Å². The molecule has 1 aromatic rings. The third-order valence-electron chi connectivity index (χ3n) is 4.77. The predicted molar refractivity (Wildman–Crippen MR) is 120 cm³/mol. The highest BCUT2D eigenvalue weighted by Crippen LogP contribution is 2.44. The molecule has 0 spiro atoms. The monoisotopic (exact) mass is 593 g/mol. The Kier molecular flexibility index (Phi) is 8.81. The number of carbonyl (C=O) groups excluding carboxylic acids is 2. The molecule has 14 nitrogen and oxygen atoms in total. The number of nitrogens with two attached hydrogens (primary N) is 1. The summed E-state index contributed by atoms with van der Waals surface area (Å²) in [4.78, 5) is 37.8. The minimum atomic E-state index is -4.73. The summed E-state index contributed by atoms with van der Waals surface area (Å²) in [5.74, 6) is -6.54. The molecular formula is C15H18F3N7O7S4. The maximum Gasteiger partial charge on any atom is 0.433 e. The molecule has 200 valence electrons. The van der Waals surface area contributed by atoms with Crippen LogP contribution in [0.1, 0.15) is 6.42 Å². The Morgan fingerprint density at radius 3 is 2.69 bits per heavy atom. The third kappa shape index (κ3) is 7.25. The quantitative estimate of drug-likeness (QED) is 0.129. The fraction of sp³-hybridized carbons (Fsp3) is 0.600. The molecular weight excluding hydrogens is 575 g/mol. The largest absolute Gasteiger partial charge is 0.616 e. The number of halogens is 3. The van der Waals surface area contributed by atoms with Crippen molar-refractivity contribution in [2.24, 2.45) is 5.14 Å². The van der Waals surface area contributed by atoms with E-state index in [4.69, 9.17) is 5.14 Å². The first-order chi connectivity index (χ1) is 16.7. The van der Waals surface area contributed by atoms with Crippen LogP contribution in [0.2, 0.25) is 0 Å². The Hall–Kier alpha value is -2.07. The Labute approximate surface area is 212 Å². The second-order valence-corrected chi connectivity index (χ2v) is 12.9. The summed E-state index contributed by atoms with van der Waals surface area (Å²) in [5.41, 5.74) is -0.229. The molecule has 0 aliphatic carbocycles. The van der Waals surface area contributed by atoms with Crippen LogP contribution in [0, 0.1) is 0 Å². The lowest BCUT2D eigenvalue weighted by atomic mass is 10.0. The lowest BCUT2D eigenvalue weighted by Crippen LogP contribution is -2.71. The van der Waals surface area contributed by atoms with Crippen LogP contribution in [0.5, 0.6) is 0 Å². The second kappa shape index (κ2) is 11.1. The highest BCUT2D eigenvalue weighted by atomic mass is 32.2. The number of primary sulfonamides is 1. The highest BCUT2D eigenvalue weighted by molar-refractivity contribution is 8.01. The molecule has 3 unspecified atom stereocenters. The average molecular weight is 594 g/mol. The number of alkyl halides is 3. The number of aromatic amines is 1. The van der Waals surface area contributed by atoms with Crippen molar-refractivity contribution in [1.29, 1.82) is 0 Å². The zero-order chi connectivity index (χ0) is 26.8. The van der Waals surface area contributed by atoms with E-state index < -0.39 is 84.8 Å². The van der Waals surface area contributed by atoms with Crippen molar-refractivity contribution < 1.29 is 45.6 Å². The molecule has 36 heavy (non-hydrogen) atoms. The number of rotatable bonds is 11. The number of fused-ring (bicyclic) bond motifs is 1. The molecule has 1 aromatic heterocycles. The Morgan fingerprint density at radius 1 is 1.44 bits per heavy atom. The van der Waals surface area contributed by atoms with E-state index in [0.29, 0.717) is 0 Å². The van der Waals surface area contributed by atoms with Crippen LogP contribution in [0.25, 0.3) is 0 Å². The van der Waals surface area contributed by atoms with E-state index in [-0.39, 0.29) is 22.9 Å². The molecule has 1 fully saturated rings. The van der Waals surface area contributed by atoms with Crippen molar-refractivity contribution >= 4 is 62.5 Å². The molecule has 2 aliphatic heterocycles. The van der Waals surface area contributed by atoms with Gasteiger partial charge in [-0.1, -0.05) is 11.8 Å². The van der Waals surface area contributed by atoms with Gasteiger partial charge in [0, 0.05) is 11.0 Å². The second-order valence-electron chi connectivity index (χ2n) is 7.45. The summed E-state index contributed by atoms with van der Waals surface area (Å²) in [6, 6.07) is -1.24. The van der Waals surface area contributed by atoms with E-state index in [2.05, 4.69) is 25.9 Å². The van der Waals surface area contributed by atoms with Crippen molar-refractivity contribution in [2.75, 3.05) is 23.0 Å².